The summed E-state index contributed by atoms with van der Waals surface area (Å²) in [6.07, 6.45) is -2.23. The molecule has 0 aliphatic heterocycles. The first kappa shape index (κ1) is 16.5. The van der Waals surface area contributed by atoms with Crippen molar-refractivity contribution in [2.75, 3.05) is 13.7 Å². The lowest BCUT2D eigenvalue weighted by atomic mass is 10.2. The molecule has 1 aromatic rings. The molecule has 7 heteroatoms. The van der Waals surface area contributed by atoms with Crippen molar-refractivity contribution >= 4 is 11.9 Å². The highest BCUT2D eigenvalue weighted by atomic mass is 16.5. The van der Waals surface area contributed by atoms with E-state index < -0.39 is 24.1 Å². The van der Waals surface area contributed by atoms with Gasteiger partial charge in [-0.25, -0.2) is 4.79 Å². The van der Waals surface area contributed by atoms with Gasteiger partial charge in [0.2, 0.25) is 0 Å². The summed E-state index contributed by atoms with van der Waals surface area (Å²) in [5, 5.41) is 20.4. The molecule has 112 valence electrons. The van der Waals surface area contributed by atoms with Crippen LogP contribution in [-0.2, 0) is 14.3 Å². The Balaban J connectivity index is 2.47. The predicted octanol–water partition coefficient (Wildman–Crippen LogP) is -0.0243. The van der Waals surface area contributed by atoms with Crippen molar-refractivity contribution in [3.63, 3.8) is 0 Å². The Hall–Kier alpha value is -2.59. The van der Waals surface area contributed by atoms with E-state index in [9.17, 15) is 14.7 Å². The molecule has 0 spiro atoms. The molecule has 0 saturated carbocycles. The number of methoxy groups -OCH3 is 1. The van der Waals surface area contributed by atoms with Crippen molar-refractivity contribution in [2.24, 2.45) is 0 Å². The number of amides is 1. The van der Waals surface area contributed by atoms with Gasteiger partial charge in [0, 0.05) is 0 Å². The predicted molar refractivity (Wildman–Crippen MR) is 72.3 cm³/mol. The van der Waals surface area contributed by atoms with E-state index in [1.807, 2.05) is 6.07 Å². The fraction of sp³-hybridized carbons (Fsp3) is 0.357. The quantitative estimate of drug-likeness (QED) is 0.713. The highest BCUT2D eigenvalue weighted by Crippen LogP contribution is 2.13. The van der Waals surface area contributed by atoms with E-state index in [1.165, 1.54) is 6.92 Å². The van der Waals surface area contributed by atoms with Crippen LogP contribution in [0.4, 0.5) is 0 Å². The second kappa shape index (κ2) is 7.87. The normalized spacial score (nSPS) is 12.7. The Morgan fingerprint density at radius 1 is 1.38 bits per heavy atom. The zero-order valence-corrected chi connectivity index (χ0v) is 11.7. The van der Waals surface area contributed by atoms with Gasteiger partial charge in [0.05, 0.1) is 25.3 Å². The summed E-state index contributed by atoms with van der Waals surface area (Å²) in [5.74, 6) is -0.872. The monoisotopic (exact) mass is 292 g/mol. The van der Waals surface area contributed by atoms with Gasteiger partial charge in [-0.05, 0) is 31.2 Å². The van der Waals surface area contributed by atoms with E-state index in [0.29, 0.717) is 11.3 Å². The maximum Gasteiger partial charge on any atom is 0.336 e. The van der Waals surface area contributed by atoms with E-state index in [4.69, 9.17) is 10.00 Å². The van der Waals surface area contributed by atoms with Crippen LogP contribution < -0.4 is 10.1 Å². The summed E-state index contributed by atoms with van der Waals surface area (Å²) in [5.41, 5.74) is 0.487. The lowest BCUT2D eigenvalue weighted by molar-refractivity contribution is -0.150. The largest absolute Gasteiger partial charge is 0.481 e. The number of aliphatic hydroxyl groups excluding tert-OH is 1. The molecule has 2 unspecified atom stereocenters. The number of rotatable bonds is 6. The highest BCUT2D eigenvalue weighted by molar-refractivity contribution is 5.82. The molecular formula is C14H16N2O5. The third-order valence-corrected chi connectivity index (χ3v) is 2.61. The molecule has 7 nitrogen and oxygen atoms in total. The minimum absolute atomic E-state index is 0.257. The minimum atomic E-state index is -1.42. The number of aliphatic hydroxyl groups is 1. The average molecular weight is 292 g/mol. The molecular weight excluding hydrogens is 276 g/mol. The lowest BCUT2D eigenvalue weighted by Crippen LogP contribution is -2.42. The van der Waals surface area contributed by atoms with Crippen molar-refractivity contribution < 1.29 is 24.2 Å². The number of nitriles is 1. The van der Waals surface area contributed by atoms with Crippen LogP contribution in [0.15, 0.2) is 24.3 Å². The molecule has 0 radical (unpaired) electrons. The Kier molecular flexibility index (Phi) is 6.17. The number of esters is 1. The van der Waals surface area contributed by atoms with Crippen LogP contribution in [-0.4, -0.2) is 42.8 Å². The van der Waals surface area contributed by atoms with Crippen LogP contribution in [0.3, 0.4) is 0 Å². The van der Waals surface area contributed by atoms with E-state index in [-0.39, 0.29) is 6.54 Å². The number of nitrogens with one attached hydrogen (secondary N) is 1. The van der Waals surface area contributed by atoms with Crippen molar-refractivity contribution in [1.29, 1.82) is 5.26 Å². The van der Waals surface area contributed by atoms with Crippen LogP contribution in [0.25, 0.3) is 0 Å². The summed E-state index contributed by atoms with van der Waals surface area (Å²) >= 11 is 0. The molecule has 0 aliphatic rings. The van der Waals surface area contributed by atoms with Gasteiger partial charge in [-0.15, -0.1) is 0 Å². The van der Waals surface area contributed by atoms with Crippen molar-refractivity contribution in [3.05, 3.63) is 29.8 Å². The number of ether oxygens (including phenoxy) is 2. The summed E-state index contributed by atoms with van der Waals surface area (Å²) in [6, 6.07) is 8.26. The topological polar surface area (TPSA) is 109 Å². The third kappa shape index (κ3) is 5.12. The number of benzene rings is 1. The second-order valence-electron chi connectivity index (χ2n) is 4.18. The van der Waals surface area contributed by atoms with Crippen LogP contribution in [0, 0.1) is 11.3 Å². The van der Waals surface area contributed by atoms with E-state index in [2.05, 4.69) is 10.1 Å². The SMILES string of the molecule is COC(=O)C(O)CNC(=O)C(C)Oc1ccc(C#N)cc1. The van der Waals surface area contributed by atoms with E-state index in [1.54, 1.807) is 24.3 Å². The Bertz CT molecular complexity index is 535. The van der Waals surface area contributed by atoms with Gasteiger partial charge in [-0.1, -0.05) is 0 Å². The molecule has 2 atom stereocenters. The number of nitrogens with zero attached hydrogens (tertiary/aromatic N) is 1. The van der Waals surface area contributed by atoms with Crippen LogP contribution >= 0.6 is 0 Å². The van der Waals surface area contributed by atoms with Gasteiger partial charge >= 0.3 is 5.97 Å². The van der Waals surface area contributed by atoms with Crippen LogP contribution in [0.5, 0.6) is 5.75 Å². The van der Waals surface area contributed by atoms with Gasteiger partial charge in [-0.2, -0.15) is 5.26 Å². The molecule has 0 aliphatic carbocycles. The zero-order valence-electron chi connectivity index (χ0n) is 11.7. The molecule has 0 saturated heterocycles. The van der Waals surface area contributed by atoms with Gasteiger partial charge in [0.1, 0.15) is 5.75 Å². The molecule has 1 amide bonds. The number of carbonyl (C=O) groups is 2. The van der Waals surface area contributed by atoms with Gasteiger partial charge in [0.15, 0.2) is 12.2 Å². The van der Waals surface area contributed by atoms with Crippen LogP contribution in [0.1, 0.15) is 12.5 Å². The van der Waals surface area contributed by atoms with Gasteiger partial charge in [-0.3, -0.25) is 4.79 Å². The second-order valence-corrected chi connectivity index (χ2v) is 4.18. The van der Waals surface area contributed by atoms with Gasteiger partial charge in [0.25, 0.3) is 5.91 Å². The average Bonchev–Trinajstić information content (AvgIpc) is 2.51. The van der Waals surface area contributed by atoms with Gasteiger partial charge < -0.3 is 19.9 Å². The fourth-order valence-corrected chi connectivity index (χ4v) is 1.43. The molecule has 1 rings (SSSR count). The van der Waals surface area contributed by atoms with E-state index in [0.717, 1.165) is 7.11 Å². The first-order valence-corrected chi connectivity index (χ1v) is 6.18. The molecule has 0 fully saturated rings. The smallest absolute Gasteiger partial charge is 0.336 e. The molecule has 0 bridgehead atoms. The van der Waals surface area contributed by atoms with Crippen molar-refractivity contribution in [2.45, 2.75) is 19.1 Å². The standard InChI is InChI=1S/C14H16N2O5/c1-9(13(18)16-8-12(17)14(19)20-2)21-11-5-3-10(7-15)4-6-11/h3-6,9,12,17H,8H2,1-2H3,(H,16,18). The summed E-state index contributed by atoms with van der Waals surface area (Å²) < 4.78 is 9.70. The summed E-state index contributed by atoms with van der Waals surface area (Å²) in [4.78, 5) is 22.7. The minimum Gasteiger partial charge on any atom is -0.481 e. The number of hydrogen-bond acceptors (Lipinski definition) is 6. The van der Waals surface area contributed by atoms with E-state index >= 15 is 0 Å². The molecule has 0 aromatic heterocycles. The Morgan fingerprint density at radius 2 is 2.00 bits per heavy atom. The Labute approximate surface area is 122 Å². The molecule has 0 heterocycles. The summed E-state index contributed by atoms with van der Waals surface area (Å²) in [6.45, 7) is 1.27. The molecule has 21 heavy (non-hydrogen) atoms. The maximum atomic E-state index is 11.7. The van der Waals surface area contributed by atoms with Crippen LogP contribution in [0.2, 0.25) is 0 Å². The number of carbonyl (C=O) groups excluding carboxylic acids is 2. The first-order chi connectivity index (χ1) is 9.97. The maximum absolute atomic E-state index is 11.7. The molecule has 2 N–H and O–H groups in total. The third-order valence-electron chi connectivity index (χ3n) is 2.61. The highest BCUT2D eigenvalue weighted by Gasteiger charge is 2.19. The van der Waals surface area contributed by atoms with Crippen molar-refractivity contribution in [3.8, 4) is 11.8 Å². The zero-order chi connectivity index (χ0) is 15.8. The fourth-order valence-electron chi connectivity index (χ4n) is 1.43. The lowest BCUT2D eigenvalue weighted by Gasteiger charge is -2.16. The Morgan fingerprint density at radius 3 is 2.52 bits per heavy atom. The molecule has 1 aromatic carbocycles. The summed E-state index contributed by atoms with van der Waals surface area (Å²) in [7, 11) is 1.14. The van der Waals surface area contributed by atoms with Crippen molar-refractivity contribution in [1.82, 2.24) is 5.32 Å². The first-order valence-electron chi connectivity index (χ1n) is 6.18. The number of hydrogen-bond donors (Lipinski definition) is 2.